The smallest absolute Gasteiger partial charge is 0.186 e. The van der Waals surface area contributed by atoms with E-state index < -0.39 is 24.1 Å². The largest absolute Gasteiger partial charge is 0.385 e. The average Bonchev–Trinajstić information content (AvgIpc) is 2.93. The van der Waals surface area contributed by atoms with E-state index in [1.165, 1.54) is 7.11 Å². The van der Waals surface area contributed by atoms with Crippen LogP contribution in [0.2, 0.25) is 20.1 Å². The molecule has 5 nitrogen and oxygen atoms in total. The van der Waals surface area contributed by atoms with Crippen molar-refractivity contribution in [1.82, 2.24) is 0 Å². The number of aliphatic hydroxyl groups excluding tert-OH is 1. The van der Waals surface area contributed by atoms with Crippen LogP contribution in [0.15, 0.2) is 36.4 Å². The molecule has 0 aliphatic carbocycles. The van der Waals surface area contributed by atoms with Gasteiger partial charge in [-0.05, 0) is 42.3 Å². The van der Waals surface area contributed by atoms with Gasteiger partial charge in [-0.1, -0.05) is 58.5 Å². The predicted octanol–water partition coefficient (Wildman–Crippen LogP) is 5.52. The van der Waals surface area contributed by atoms with Gasteiger partial charge in [0, 0.05) is 27.2 Å². The van der Waals surface area contributed by atoms with Crippen molar-refractivity contribution in [3.8, 4) is 0 Å². The second-order valence-electron chi connectivity index (χ2n) is 7.22. The first-order valence-electron chi connectivity index (χ1n) is 9.19. The number of hydrogen-bond acceptors (Lipinski definition) is 5. The Morgan fingerprint density at radius 3 is 2.07 bits per heavy atom. The summed E-state index contributed by atoms with van der Waals surface area (Å²) < 4.78 is 23.0. The molecular weight excluding hydrogens is 474 g/mol. The van der Waals surface area contributed by atoms with Gasteiger partial charge in [0.05, 0.1) is 19.8 Å². The summed E-state index contributed by atoms with van der Waals surface area (Å²) in [4.78, 5) is 0. The van der Waals surface area contributed by atoms with E-state index in [1.807, 2.05) is 0 Å². The maximum absolute atomic E-state index is 10.6. The van der Waals surface area contributed by atoms with Crippen LogP contribution in [0, 0.1) is 0 Å². The highest BCUT2D eigenvalue weighted by atomic mass is 35.5. The van der Waals surface area contributed by atoms with Gasteiger partial charge in [0.2, 0.25) is 0 Å². The lowest BCUT2D eigenvalue weighted by Gasteiger charge is -2.30. The van der Waals surface area contributed by atoms with Gasteiger partial charge in [-0.25, -0.2) is 0 Å². The number of benzene rings is 2. The lowest BCUT2D eigenvalue weighted by Crippen LogP contribution is -2.46. The minimum Gasteiger partial charge on any atom is -0.385 e. The average molecular weight is 496 g/mol. The van der Waals surface area contributed by atoms with Gasteiger partial charge in [-0.2, -0.15) is 0 Å². The van der Waals surface area contributed by atoms with Gasteiger partial charge >= 0.3 is 0 Å². The molecule has 0 aromatic heterocycles. The maximum Gasteiger partial charge on any atom is 0.186 e. The summed E-state index contributed by atoms with van der Waals surface area (Å²) in [5, 5.41) is 12.7. The summed E-state index contributed by atoms with van der Waals surface area (Å²) in [6.45, 7) is 2.35. The van der Waals surface area contributed by atoms with Crippen LogP contribution >= 0.6 is 46.4 Å². The molecule has 1 heterocycles. The topological polar surface area (TPSA) is 57.2 Å². The molecule has 1 aliphatic heterocycles. The molecule has 1 fully saturated rings. The quantitative estimate of drug-likeness (QED) is 0.522. The number of ether oxygens (including phenoxy) is 4. The van der Waals surface area contributed by atoms with Crippen LogP contribution in [0.4, 0.5) is 0 Å². The molecule has 1 saturated heterocycles. The van der Waals surface area contributed by atoms with Crippen molar-refractivity contribution in [2.24, 2.45) is 0 Å². The van der Waals surface area contributed by atoms with E-state index in [0.717, 1.165) is 11.1 Å². The van der Waals surface area contributed by atoms with Crippen LogP contribution in [-0.2, 0) is 32.2 Å². The Morgan fingerprint density at radius 2 is 1.53 bits per heavy atom. The summed E-state index contributed by atoms with van der Waals surface area (Å²) in [5.74, 6) is 0. The van der Waals surface area contributed by atoms with Crippen molar-refractivity contribution in [2.45, 2.75) is 44.2 Å². The summed E-state index contributed by atoms with van der Waals surface area (Å²) in [7, 11) is 1.46. The Kier molecular flexibility index (Phi) is 8.29. The molecule has 1 aliphatic rings. The van der Waals surface area contributed by atoms with Gasteiger partial charge < -0.3 is 24.1 Å². The molecule has 9 heteroatoms. The normalized spacial score (nSPS) is 26.3. The van der Waals surface area contributed by atoms with Crippen LogP contribution in [0.1, 0.15) is 18.1 Å². The van der Waals surface area contributed by atoms with E-state index in [2.05, 4.69) is 0 Å². The number of aliphatic hydroxyl groups is 1. The van der Waals surface area contributed by atoms with E-state index in [9.17, 15) is 5.11 Å². The van der Waals surface area contributed by atoms with Crippen molar-refractivity contribution < 1.29 is 24.1 Å². The van der Waals surface area contributed by atoms with Gasteiger partial charge in [-0.15, -0.1) is 0 Å². The summed E-state index contributed by atoms with van der Waals surface area (Å²) in [6, 6.07) is 10.3. The first-order valence-corrected chi connectivity index (χ1v) is 10.7. The fraction of sp³-hybridized carbons (Fsp3) is 0.429. The third kappa shape index (κ3) is 5.60. The van der Waals surface area contributed by atoms with Crippen LogP contribution in [0.25, 0.3) is 0 Å². The number of hydrogen-bond donors (Lipinski definition) is 1. The zero-order chi connectivity index (χ0) is 21.9. The zero-order valence-electron chi connectivity index (χ0n) is 16.4. The molecule has 1 N–H and O–H groups in total. The fourth-order valence-corrected chi connectivity index (χ4v) is 4.23. The second-order valence-corrected chi connectivity index (χ2v) is 8.91. The minimum atomic E-state index is -1.01. The Hall–Kier alpha value is -0.600. The van der Waals surface area contributed by atoms with Crippen molar-refractivity contribution in [3.63, 3.8) is 0 Å². The minimum absolute atomic E-state index is 0.141. The number of halogens is 4. The SMILES string of the molecule is CO[C@H]1O[C@](C)(COCc2ccc(Cl)cc2Cl)[C@@H](OCc2ccc(Cl)cc2Cl)[C@H]1O. The van der Waals surface area contributed by atoms with Crippen LogP contribution in [0.5, 0.6) is 0 Å². The molecule has 4 atom stereocenters. The third-order valence-corrected chi connectivity index (χ3v) is 6.08. The second kappa shape index (κ2) is 10.3. The number of rotatable bonds is 8. The van der Waals surface area contributed by atoms with Crippen LogP contribution < -0.4 is 0 Å². The molecule has 0 unspecified atom stereocenters. The molecule has 2 aromatic rings. The molecule has 164 valence electrons. The Morgan fingerprint density at radius 1 is 0.967 bits per heavy atom. The van der Waals surface area contributed by atoms with Crippen molar-refractivity contribution in [1.29, 1.82) is 0 Å². The highest BCUT2D eigenvalue weighted by Crippen LogP contribution is 2.35. The van der Waals surface area contributed by atoms with Gasteiger partial charge in [-0.3, -0.25) is 0 Å². The first kappa shape index (κ1) is 24.1. The molecule has 0 bridgehead atoms. The van der Waals surface area contributed by atoms with Crippen molar-refractivity contribution in [2.75, 3.05) is 13.7 Å². The van der Waals surface area contributed by atoms with Gasteiger partial charge in [0.1, 0.15) is 17.8 Å². The molecule has 3 rings (SSSR count). The standard InChI is InChI=1S/C21H22Cl4O5/c1-21(11-28-9-12-3-5-14(22)7-16(12)24)19(18(26)20(27-2)30-21)29-10-13-4-6-15(23)8-17(13)25/h3-8,18-20,26H,9-11H2,1-2H3/t18-,19+,20+,21-/m1/s1. The van der Waals surface area contributed by atoms with E-state index in [1.54, 1.807) is 43.3 Å². The molecule has 0 saturated carbocycles. The monoisotopic (exact) mass is 494 g/mol. The zero-order valence-corrected chi connectivity index (χ0v) is 19.4. The molecule has 0 radical (unpaired) electrons. The molecular formula is C21H22Cl4O5. The van der Waals surface area contributed by atoms with E-state index >= 15 is 0 Å². The lowest BCUT2D eigenvalue weighted by atomic mass is 9.98. The highest BCUT2D eigenvalue weighted by molar-refractivity contribution is 6.35. The molecule has 0 amide bonds. The van der Waals surface area contributed by atoms with Crippen molar-refractivity contribution in [3.05, 3.63) is 67.6 Å². The summed E-state index contributed by atoms with van der Waals surface area (Å²) in [6.07, 6.45) is -2.56. The van der Waals surface area contributed by atoms with Gasteiger partial charge in [0.15, 0.2) is 6.29 Å². The van der Waals surface area contributed by atoms with E-state index in [-0.39, 0.29) is 19.8 Å². The van der Waals surface area contributed by atoms with E-state index in [4.69, 9.17) is 65.4 Å². The highest BCUT2D eigenvalue weighted by Gasteiger charge is 2.53. The van der Waals surface area contributed by atoms with Gasteiger partial charge in [0.25, 0.3) is 0 Å². The summed E-state index contributed by atoms with van der Waals surface area (Å²) in [5.41, 5.74) is 0.569. The predicted molar refractivity (Wildman–Crippen MR) is 117 cm³/mol. The van der Waals surface area contributed by atoms with Crippen LogP contribution in [0.3, 0.4) is 0 Å². The Balaban J connectivity index is 1.67. The number of methoxy groups -OCH3 is 1. The molecule has 0 spiro atoms. The van der Waals surface area contributed by atoms with E-state index in [0.29, 0.717) is 20.1 Å². The molecule has 30 heavy (non-hydrogen) atoms. The third-order valence-electron chi connectivity index (χ3n) is 4.90. The maximum atomic E-state index is 10.6. The Labute approximate surface area is 195 Å². The molecule has 2 aromatic carbocycles. The van der Waals surface area contributed by atoms with Crippen LogP contribution in [-0.4, -0.2) is 42.9 Å². The summed E-state index contributed by atoms with van der Waals surface area (Å²) >= 11 is 24.3. The lowest BCUT2D eigenvalue weighted by molar-refractivity contribution is -0.190. The Bertz CT molecular complexity index is 880. The first-order chi connectivity index (χ1) is 14.2. The van der Waals surface area contributed by atoms with Crippen molar-refractivity contribution >= 4 is 46.4 Å². The fourth-order valence-electron chi connectivity index (χ4n) is 3.31.